The van der Waals surface area contributed by atoms with Gasteiger partial charge < -0.3 is 5.73 Å². The normalized spacial score (nSPS) is 11.6. The lowest BCUT2D eigenvalue weighted by atomic mass is 10.0. The largest absolute Gasteiger partial charge is 0.417 e. The molecule has 0 atom stereocenters. The molecular weight excluding hydrogens is 253 g/mol. The Morgan fingerprint density at radius 3 is 2.37 bits per heavy atom. The lowest BCUT2D eigenvalue weighted by Gasteiger charge is -2.12. The molecule has 0 bridgehead atoms. The van der Waals surface area contributed by atoms with Crippen molar-refractivity contribution in [2.75, 3.05) is 6.54 Å². The Morgan fingerprint density at radius 2 is 1.79 bits per heavy atom. The first-order valence-electron chi connectivity index (χ1n) is 5.84. The Bertz CT molecular complexity index is 547. The van der Waals surface area contributed by atoms with E-state index in [2.05, 4.69) is 4.98 Å². The first-order valence-corrected chi connectivity index (χ1v) is 5.84. The van der Waals surface area contributed by atoms with Crippen molar-refractivity contribution in [1.82, 2.24) is 4.98 Å². The molecule has 0 radical (unpaired) electrons. The molecule has 1 aromatic heterocycles. The van der Waals surface area contributed by atoms with Crippen molar-refractivity contribution < 1.29 is 13.2 Å². The Hall–Kier alpha value is -1.88. The molecule has 2 nitrogen and oxygen atoms in total. The van der Waals surface area contributed by atoms with Crippen molar-refractivity contribution >= 4 is 0 Å². The zero-order chi connectivity index (χ0) is 13.9. The minimum absolute atomic E-state index is 0.141. The number of hydrogen-bond donors (Lipinski definition) is 1. The van der Waals surface area contributed by atoms with E-state index in [1.165, 1.54) is 18.3 Å². The lowest BCUT2D eigenvalue weighted by molar-refractivity contribution is -0.137. The molecule has 0 fully saturated rings. The summed E-state index contributed by atoms with van der Waals surface area (Å²) in [4.78, 5) is 4.12. The van der Waals surface area contributed by atoms with E-state index in [1.807, 2.05) is 0 Å². The van der Waals surface area contributed by atoms with Crippen molar-refractivity contribution in [2.24, 2.45) is 5.73 Å². The van der Waals surface area contributed by atoms with Gasteiger partial charge in [0.15, 0.2) is 0 Å². The van der Waals surface area contributed by atoms with Crippen LogP contribution in [0, 0.1) is 0 Å². The number of rotatable bonds is 3. The zero-order valence-corrected chi connectivity index (χ0v) is 10.1. The van der Waals surface area contributed by atoms with Gasteiger partial charge in [-0.15, -0.1) is 0 Å². The highest BCUT2D eigenvalue weighted by Gasteiger charge is 2.33. The number of alkyl halides is 3. The number of halogens is 3. The second-order valence-electron chi connectivity index (χ2n) is 4.12. The predicted molar refractivity (Wildman–Crippen MR) is 67.4 cm³/mol. The number of hydrogen-bond acceptors (Lipinski definition) is 2. The van der Waals surface area contributed by atoms with Crippen LogP contribution < -0.4 is 5.73 Å². The highest BCUT2D eigenvalue weighted by Crippen LogP contribution is 2.36. The van der Waals surface area contributed by atoms with Crippen LogP contribution in [0.15, 0.2) is 42.6 Å². The van der Waals surface area contributed by atoms with Crippen molar-refractivity contribution in [1.29, 1.82) is 0 Å². The Morgan fingerprint density at radius 1 is 1.05 bits per heavy atom. The molecule has 0 aliphatic rings. The Labute approximate surface area is 109 Å². The number of nitrogens with two attached hydrogens (primary N) is 1. The molecule has 100 valence electrons. The molecule has 0 unspecified atom stereocenters. The monoisotopic (exact) mass is 266 g/mol. The second kappa shape index (κ2) is 5.40. The van der Waals surface area contributed by atoms with Crippen LogP contribution in [-0.4, -0.2) is 11.5 Å². The Kier molecular flexibility index (Phi) is 3.85. The van der Waals surface area contributed by atoms with Gasteiger partial charge in [0, 0.05) is 23.9 Å². The molecule has 1 aromatic carbocycles. The molecule has 0 aliphatic carbocycles. The number of nitrogens with zero attached hydrogens (tertiary/aromatic N) is 1. The van der Waals surface area contributed by atoms with E-state index in [-0.39, 0.29) is 5.56 Å². The summed E-state index contributed by atoms with van der Waals surface area (Å²) in [6.07, 6.45) is -2.30. The van der Waals surface area contributed by atoms with Crippen LogP contribution in [0.3, 0.4) is 0 Å². The van der Waals surface area contributed by atoms with Gasteiger partial charge in [0.05, 0.1) is 5.56 Å². The molecular formula is C14H13F3N2. The van der Waals surface area contributed by atoms with Crippen molar-refractivity contribution in [3.63, 3.8) is 0 Å². The molecule has 2 rings (SSSR count). The van der Waals surface area contributed by atoms with E-state index in [9.17, 15) is 13.2 Å². The summed E-state index contributed by atoms with van der Waals surface area (Å²) < 4.78 is 38.7. The maximum absolute atomic E-state index is 12.9. The topological polar surface area (TPSA) is 38.9 Å². The van der Waals surface area contributed by atoms with E-state index in [1.54, 1.807) is 18.2 Å². The fraction of sp³-hybridized carbons (Fsp3) is 0.214. The zero-order valence-electron chi connectivity index (χ0n) is 10.1. The fourth-order valence-electron chi connectivity index (χ4n) is 1.86. The van der Waals surface area contributed by atoms with Gasteiger partial charge in [0.2, 0.25) is 0 Å². The minimum Gasteiger partial charge on any atom is -0.330 e. The fourth-order valence-corrected chi connectivity index (χ4v) is 1.86. The molecule has 0 aliphatic heterocycles. The second-order valence-corrected chi connectivity index (χ2v) is 4.12. The van der Waals surface area contributed by atoms with E-state index < -0.39 is 11.7 Å². The molecule has 2 aromatic rings. The number of aromatic nitrogens is 1. The van der Waals surface area contributed by atoms with Gasteiger partial charge in [-0.25, -0.2) is 0 Å². The highest BCUT2D eigenvalue weighted by atomic mass is 19.4. The van der Waals surface area contributed by atoms with Crippen LogP contribution in [0.5, 0.6) is 0 Å². The maximum atomic E-state index is 12.9. The summed E-state index contributed by atoms with van der Waals surface area (Å²) in [6.45, 7) is 0.464. The SMILES string of the molecule is NCCc1ccc(-c2ccccc2C(F)(F)F)cn1. The smallest absolute Gasteiger partial charge is 0.330 e. The van der Waals surface area contributed by atoms with E-state index in [4.69, 9.17) is 5.73 Å². The van der Waals surface area contributed by atoms with Gasteiger partial charge in [0.1, 0.15) is 0 Å². The lowest BCUT2D eigenvalue weighted by Crippen LogP contribution is -2.07. The van der Waals surface area contributed by atoms with E-state index >= 15 is 0 Å². The van der Waals surface area contributed by atoms with Crippen LogP contribution in [0.4, 0.5) is 13.2 Å². The molecule has 0 saturated heterocycles. The molecule has 0 spiro atoms. The molecule has 5 heteroatoms. The molecule has 0 saturated carbocycles. The standard InChI is InChI=1S/C14H13F3N2/c15-14(16,17)13-4-2-1-3-12(13)10-5-6-11(7-8-18)19-9-10/h1-6,9H,7-8,18H2. The van der Waals surface area contributed by atoms with Crippen LogP contribution in [-0.2, 0) is 12.6 Å². The minimum atomic E-state index is -4.37. The Balaban J connectivity index is 2.42. The van der Waals surface area contributed by atoms with Gasteiger partial charge in [0.25, 0.3) is 0 Å². The summed E-state index contributed by atoms with van der Waals surface area (Å²) >= 11 is 0. The molecule has 0 amide bonds. The third-order valence-corrected chi connectivity index (χ3v) is 2.77. The maximum Gasteiger partial charge on any atom is 0.417 e. The molecule has 2 N–H and O–H groups in total. The van der Waals surface area contributed by atoms with Gasteiger partial charge in [-0.3, -0.25) is 4.98 Å². The van der Waals surface area contributed by atoms with Gasteiger partial charge in [-0.2, -0.15) is 13.2 Å². The molecule has 19 heavy (non-hydrogen) atoms. The summed E-state index contributed by atoms with van der Waals surface area (Å²) in [5.41, 5.74) is 6.12. The predicted octanol–water partition coefficient (Wildman–Crippen LogP) is 3.27. The van der Waals surface area contributed by atoms with E-state index in [0.717, 1.165) is 11.8 Å². The summed E-state index contributed by atoms with van der Waals surface area (Å²) in [5.74, 6) is 0. The van der Waals surface area contributed by atoms with Gasteiger partial charge in [-0.05, 0) is 24.2 Å². The first kappa shape index (κ1) is 13.5. The van der Waals surface area contributed by atoms with E-state index in [0.29, 0.717) is 18.5 Å². The van der Waals surface area contributed by atoms with Crippen molar-refractivity contribution in [3.05, 3.63) is 53.9 Å². The summed E-state index contributed by atoms with van der Waals surface area (Å²) in [5, 5.41) is 0. The van der Waals surface area contributed by atoms with Crippen LogP contribution in [0.25, 0.3) is 11.1 Å². The van der Waals surface area contributed by atoms with Crippen molar-refractivity contribution in [2.45, 2.75) is 12.6 Å². The number of benzene rings is 1. The third-order valence-electron chi connectivity index (χ3n) is 2.77. The van der Waals surface area contributed by atoms with Crippen LogP contribution >= 0.6 is 0 Å². The quantitative estimate of drug-likeness (QED) is 0.926. The first-order chi connectivity index (χ1) is 9.02. The van der Waals surface area contributed by atoms with Gasteiger partial charge >= 0.3 is 6.18 Å². The van der Waals surface area contributed by atoms with Crippen LogP contribution in [0.1, 0.15) is 11.3 Å². The summed E-state index contributed by atoms with van der Waals surface area (Å²) in [6, 6.07) is 8.82. The van der Waals surface area contributed by atoms with Crippen LogP contribution in [0.2, 0.25) is 0 Å². The third kappa shape index (κ3) is 3.12. The average Bonchev–Trinajstić information content (AvgIpc) is 2.39. The van der Waals surface area contributed by atoms with Gasteiger partial charge in [-0.1, -0.05) is 24.3 Å². The number of pyridine rings is 1. The summed E-state index contributed by atoms with van der Waals surface area (Å²) in [7, 11) is 0. The van der Waals surface area contributed by atoms with Crippen molar-refractivity contribution in [3.8, 4) is 11.1 Å². The highest BCUT2D eigenvalue weighted by molar-refractivity contribution is 5.67. The molecule has 1 heterocycles. The average molecular weight is 266 g/mol.